The molecule has 1 saturated heterocycles. The number of aliphatic hydroxyl groups excluding tert-OH is 1. The molecular weight excluding hydrogens is 454 g/mol. The van der Waals surface area contributed by atoms with E-state index in [1.807, 2.05) is 81.1 Å². The van der Waals surface area contributed by atoms with E-state index in [0.29, 0.717) is 12.2 Å². The quantitative estimate of drug-likeness (QED) is 0.414. The second kappa shape index (κ2) is 21.2. The zero-order valence-electron chi connectivity index (χ0n) is 25.8. The van der Waals surface area contributed by atoms with Gasteiger partial charge in [0.05, 0.1) is 0 Å². The van der Waals surface area contributed by atoms with Gasteiger partial charge in [-0.1, -0.05) is 61.5 Å². The molecule has 2 rings (SSSR count). The van der Waals surface area contributed by atoms with E-state index in [-0.39, 0.29) is 24.1 Å². The molecule has 1 amide bonds. The Morgan fingerprint density at radius 3 is 1.89 bits per heavy atom. The number of amides is 1. The topological polar surface area (TPSA) is 79.2 Å². The molecule has 0 spiro atoms. The molecule has 0 atom stereocenters. The molecule has 1 aliphatic rings. The smallest absolute Gasteiger partial charge is 0.410 e. The Balaban J connectivity index is -0.000000503. The number of carbonyl (C=O) groups is 1. The third kappa shape index (κ3) is 19.3. The van der Waals surface area contributed by atoms with Crippen LogP contribution in [-0.4, -0.2) is 52.1 Å². The lowest BCUT2D eigenvalue weighted by Crippen LogP contribution is -2.42. The van der Waals surface area contributed by atoms with Gasteiger partial charge in [-0.3, -0.25) is 0 Å². The van der Waals surface area contributed by atoms with Crippen molar-refractivity contribution in [1.29, 1.82) is 0 Å². The lowest BCUT2D eigenvalue weighted by molar-refractivity contribution is 0.0166. The van der Waals surface area contributed by atoms with Crippen molar-refractivity contribution >= 4 is 6.09 Å². The minimum absolute atomic E-state index is 0.0891. The van der Waals surface area contributed by atoms with Crippen molar-refractivity contribution in [3.8, 4) is 11.5 Å². The number of aromatic hydroxyl groups is 1. The molecule has 36 heavy (non-hydrogen) atoms. The van der Waals surface area contributed by atoms with Gasteiger partial charge in [0.1, 0.15) is 22.7 Å². The van der Waals surface area contributed by atoms with E-state index in [9.17, 15) is 9.90 Å². The highest BCUT2D eigenvalue weighted by atomic mass is 16.6. The van der Waals surface area contributed by atoms with Crippen LogP contribution >= 0.6 is 0 Å². The molecule has 0 unspecified atom stereocenters. The summed E-state index contributed by atoms with van der Waals surface area (Å²) in [5, 5.41) is 18.0. The van der Waals surface area contributed by atoms with Crippen LogP contribution < -0.4 is 4.74 Å². The lowest BCUT2D eigenvalue weighted by atomic mass is 9.87. The Bertz CT molecular complexity index is 645. The number of likely N-dealkylation sites (tertiary alicyclic amines) is 1. The first-order valence-corrected chi connectivity index (χ1v) is 13.9. The number of aliphatic hydroxyl groups is 1. The van der Waals surface area contributed by atoms with Crippen LogP contribution in [-0.2, 0) is 4.74 Å². The monoisotopic (exact) mass is 513 g/mol. The van der Waals surface area contributed by atoms with Gasteiger partial charge in [0, 0.05) is 32.2 Å². The number of nitrogens with zero attached hydrogens (tertiary/aromatic N) is 1. The molecule has 0 aromatic heterocycles. The summed E-state index contributed by atoms with van der Waals surface area (Å²) in [6.07, 6.45) is 2.62. The van der Waals surface area contributed by atoms with Gasteiger partial charge < -0.3 is 24.6 Å². The maximum absolute atomic E-state index is 11.8. The fraction of sp³-hybridized carbons (Fsp3) is 0.767. The number of phenols is 1. The van der Waals surface area contributed by atoms with Gasteiger partial charge in [-0.15, -0.1) is 0 Å². The van der Waals surface area contributed by atoms with Crippen molar-refractivity contribution < 1.29 is 24.5 Å². The second-order valence-electron chi connectivity index (χ2n) is 9.88. The minimum Gasteiger partial charge on any atom is -0.508 e. The predicted octanol–water partition coefficient (Wildman–Crippen LogP) is 8.30. The van der Waals surface area contributed by atoms with E-state index in [1.54, 1.807) is 24.3 Å². The molecule has 214 valence electrons. The Labute approximate surface area is 223 Å². The van der Waals surface area contributed by atoms with E-state index in [0.717, 1.165) is 37.8 Å². The maximum Gasteiger partial charge on any atom is 0.410 e. The third-order valence-electron chi connectivity index (χ3n) is 5.06. The first-order chi connectivity index (χ1) is 16.8. The van der Waals surface area contributed by atoms with Crippen molar-refractivity contribution in [3.63, 3.8) is 0 Å². The largest absolute Gasteiger partial charge is 0.508 e. The molecule has 6 heteroatoms. The summed E-state index contributed by atoms with van der Waals surface area (Å²) < 4.78 is 11.0. The van der Waals surface area contributed by atoms with Crippen LogP contribution in [0.4, 0.5) is 4.79 Å². The van der Waals surface area contributed by atoms with Crippen molar-refractivity contribution in [2.45, 2.75) is 120 Å². The molecule has 0 aliphatic carbocycles. The highest BCUT2D eigenvalue weighted by Gasteiger charge is 2.27. The minimum atomic E-state index is -0.414. The van der Waals surface area contributed by atoms with Crippen molar-refractivity contribution in [2.24, 2.45) is 11.8 Å². The molecule has 0 saturated carbocycles. The second-order valence-corrected chi connectivity index (χ2v) is 9.88. The summed E-state index contributed by atoms with van der Waals surface area (Å²) in [7, 11) is 0. The van der Waals surface area contributed by atoms with Gasteiger partial charge in [0.2, 0.25) is 0 Å². The van der Waals surface area contributed by atoms with Crippen LogP contribution in [0, 0.1) is 11.8 Å². The average molecular weight is 514 g/mol. The average Bonchev–Trinajstić information content (AvgIpc) is 2.82. The lowest BCUT2D eigenvalue weighted by Gasteiger charge is -2.34. The van der Waals surface area contributed by atoms with Gasteiger partial charge in [0.15, 0.2) is 0 Å². The molecule has 1 aromatic carbocycles. The van der Waals surface area contributed by atoms with Crippen molar-refractivity contribution in [3.05, 3.63) is 24.3 Å². The van der Waals surface area contributed by atoms with E-state index < -0.39 is 5.60 Å². The first kappa shape index (κ1) is 38.6. The zero-order valence-corrected chi connectivity index (χ0v) is 25.8. The summed E-state index contributed by atoms with van der Waals surface area (Å²) in [6, 6.07) is 6.64. The maximum atomic E-state index is 11.8. The van der Waals surface area contributed by atoms with Crippen LogP contribution in [0.25, 0.3) is 0 Å². The van der Waals surface area contributed by atoms with Crippen LogP contribution in [0.15, 0.2) is 24.3 Å². The van der Waals surface area contributed by atoms with Crippen molar-refractivity contribution in [2.75, 3.05) is 19.7 Å². The van der Waals surface area contributed by atoms with Crippen LogP contribution in [0.1, 0.15) is 109 Å². The molecular formula is C30H59NO5. The Morgan fingerprint density at radius 2 is 1.50 bits per heavy atom. The van der Waals surface area contributed by atoms with Gasteiger partial charge in [0.25, 0.3) is 0 Å². The van der Waals surface area contributed by atoms with Gasteiger partial charge in [-0.2, -0.15) is 0 Å². The Hall–Kier alpha value is -1.95. The van der Waals surface area contributed by atoms with E-state index in [2.05, 4.69) is 13.8 Å². The number of rotatable bonds is 5. The number of phenolic OH excluding ortho intramolecular Hbond substituents is 1. The van der Waals surface area contributed by atoms with Crippen LogP contribution in [0.3, 0.4) is 0 Å². The standard InChI is InChI=1S/C13H25NO2.C11H16O3.3C2H6/c1-10(2)11-6-8-14(9-7-11)12(15)16-13(3,4)5;1-11(2,6-7-12)14-10-5-3-4-9(13)8-10;3*1-2/h10-11H,6-9H2,1-5H3;3-5,8,12-13H,6-7H2,1-2H3;3*1-2H3. The summed E-state index contributed by atoms with van der Waals surface area (Å²) in [6.45, 7) is 27.8. The van der Waals surface area contributed by atoms with E-state index in [4.69, 9.17) is 14.6 Å². The summed E-state index contributed by atoms with van der Waals surface area (Å²) >= 11 is 0. The van der Waals surface area contributed by atoms with Crippen LogP contribution in [0.2, 0.25) is 0 Å². The highest BCUT2D eigenvalue weighted by Crippen LogP contribution is 2.25. The van der Waals surface area contributed by atoms with Gasteiger partial charge in [-0.25, -0.2) is 4.79 Å². The highest BCUT2D eigenvalue weighted by molar-refractivity contribution is 5.68. The van der Waals surface area contributed by atoms with Gasteiger partial charge in [-0.05, 0) is 71.4 Å². The van der Waals surface area contributed by atoms with E-state index in [1.165, 1.54) is 0 Å². The Morgan fingerprint density at radius 1 is 1.00 bits per heavy atom. The Kier molecular flexibility index (Phi) is 22.7. The summed E-state index contributed by atoms with van der Waals surface area (Å²) in [5.41, 5.74) is -0.797. The first-order valence-electron chi connectivity index (χ1n) is 13.9. The van der Waals surface area contributed by atoms with Crippen molar-refractivity contribution in [1.82, 2.24) is 4.90 Å². The molecule has 0 radical (unpaired) electrons. The molecule has 1 aliphatic heterocycles. The zero-order chi connectivity index (χ0) is 28.9. The molecule has 6 nitrogen and oxygen atoms in total. The predicted molar refractivity (Wildman–Crippen MR) is 154 cm³/mol. The summed E-state index contributed by atoms with van der Waals surface area (Å²) in [5.74, 6) is 2.28. The summed E-state index contributed by atoms with van der Waals surface area (Å²) in [4.78, 5) is 13.6. The number of hydrogen-bond acceptors (Lipinski definition) is 5. The molecule has 1 fully saturated rings. The molecule has 2 N–H and O–H groups in total. The molecule has 1 heterocycles. The number of hydrogen-bond donors (Lipinski definition) is 2. The number of carbonyl (C=O) groups excluding carboxylic acids is 1. The molecule has 1 aromatic rings. The van der Waals surface area contributed by atoms with Crippen LogP contribution in [0.5, 0.6) is 11.5 Å². The normalized spacial score (nSPS) is 13.4. The fourth-order valence-electron chi connectivity index (χ4n) is 3.26. The van der Waals surface area contributed by atoms with Gasteiger partial charge >= 0.3 is 6.09 Å². The van der Waals surface area contributed by atoms with E-state index >= 15 is 0 Å². The number of piperidine rings is 1. The fourth-order valence-corrected chi connectivity index (χ4v) is 3.26. The SMILES string of the molecule is CC.CC.CC.CC(C)(CCO)Oc1cccc(O)c1.CC(C)C1CCN(C(=O)OC(C)(C)C)CC1. The third-order valence-corrected chi connectivity index (χ3v) is 5.06. The number of benzene rings is 1. The molecule has 0 bridgehead atoms. The number of ether oxygens (including phenoxy) is 2.